The SMILES string of the molecule is COCCC(=O)N1CC[C@@H](N2CCOCC2)[C@@H]1Cc1cnn(C)c1. The van der Waals surface area contributed by atoms with Gasteiger partial charge in [0.05, 0.1) is 38.5 Å². The van der Waals surface area contributed by atoms with Gasteiger partial charge in [-0.2, -0.15) is 5.10 Å². The van der Waals surface area contributed by atoms with Crippen LogP contribution in [0.1, 0.15) is 18.4 Å². The molecule has 2 atom stereocenters. The Hall–Kier alpha value is -1.44. The zero-order valence-corrected chi connectivity index (χ0v) is 14.7. The van der Waals surface area contributed by atoms with Crippen molar-refractivity contribution in [3.05, 3.63) is 18.0 Å². The van der Waals surface area contributed by atoms with Gasteiger partial charge in [0.25, 0.3) is 0 Å². The summed E-state index contributed by atoms with van der Waals surface area (Å²) in [6, 6.07) is 0.609. The molecular weight excluding hydrogens is 308 g/mol. The van der Waals surface area contributed by atoms with Gasteiger partial charge in [-0.25, -0.2) is 0 Å². The second-order valence-electron chi connectivity index (χ2n) is 6.63. The van der Waals surface area contributed by atoms with E-state index in [-0.39, 0.29) is 11.9 Å². The van der Waals surface area contributed by atoms with Crippen LogP contribution in [0.25, 0.3) is 0 Å². The minimum absolute atomic E-state index is 0.196. The standard InChI is InChI=1S/C17H28N4O3/c1-19-13-14(12-18-19)11-16-15(20-6-9-24-10-7-20)3-5-21(16)17(22)4-8-23-2/h12-13,15-16H,3-11H2,1-2H3/t15-,16+/m1/s1. The Kier molecular flexibility index (Phi) is 5.86. The van der Waals surface area contributed by atoms with E-state index in [9.17, 15) is 4.79 Å². The van der Waals surface area contributed by atoms with Gasteiger partial charge in [-0.3, -0.25) is 14.4 Å². The fourth-order valence-corrected chi connectivity index (χ4v) is 3.88. The van der Waals surface area contributed by atoms with Gasteiger partial charge in [-0.15, -0.1) is 0 Å². The van der Waals surface area contributed by atoms with Crippen molar-refractivity contribution in [2.24, 2.45) is 7.05 Å². The molecule has 2 fully saturated rings. The predicted octanol–water partition coefficient (Wildman–Crippen LogP) is 0.301. The molecule has 1 aromatic rings. The summed E-state index contributed by atoms with van der Waals surface area (Å²) in [7, 11) is 3.57. The number of hydrogen-bond acceptors (Lipinski definition) is 5. The van der Waals surface area contributed by atoms with Crippen LogP contribution in [0.2, 0.25) is 0 Å². The number of methoxy groups -OCH3 is 1. The molecule has 2 saturated heterocycles. The van der Waals surface area contributed by atoms with Crippen LogP contribution in [0.4, 0.5) is 0 Å². The number of aromatic nitrogens is 2. The lowest BCUT2D eigenvalue weighted by molar-refractivity contribution is -0.133. The summed E-state index contributed by atoms with van der Waals surface area (Å²) in [5.74, 6) is 0.196. The Morgan fingerprint density at radius 1 is 1.38 bits per heavy atom. The Balaban J connectivity index is 1.73. The highest BCUT2D eigenvalue weighted by Crippen LogP contribution is 2.27. The fourth-order valence-electron chi connectivity index (χ4n) is 3.88. The zero-order chi connectivity index (χ0) is 16.9. The summed E-state index contributed by atoms with van der Waals surface area (Å²) in [4.78, 5) is 17.2. The highest BCUT2D eigenvalue weighted by molar-refractivity contribution is 5.77. The normalized spacial score (nSPS) is 25.3. The lowest BCUT2D eigenvalue weighted by Crippen LogP contribution is -2.51. The summed E-state index contributed by atoms with van der Waals surface area (Å²) in [5.41, 5.74) is 1.19. The number of carbonyl (C=O) groups is 1. The molecule has 2 aliphatic rings. The topological polar surface area (TPSA) is 59.8 Å². The first-order valence-corrected chi connectivity index (χ1v) is 8.76. The summed E-state index contributed by atoms with van der Waals surface area (Å²) in [6.45, 7) is 4.79. The molecule has 0 aliphatic carbocycles. The number of aryl methyl sites for hydroxylation is 1. The molecule has 3 heterocycles. The molecule has 0 bridgehead atoms. The number of rotatable bonds is 6. The quantitative estimate of drug-likeness (QED) is 0.748. The molecule has 0 N–H and O–H groups in total. The number of hydrogen-bond donors (Lipinski definition) is 0. The third-order valence-corrected chi connectivity index (χ3v) is 5.07. The van der Waals surface area contributed by atoms with Crippen LogP contribution in [0.15, 0.2) is 12.4 Å². The van der Waals surface area contributed by atoms with Gasteiger partial charge in [0.1, 0.15) is 0 Å². The predicted molar refractivity (Wildman–Crippen MR) is 89.7 cm³/mol. The first-order chi connectivity index (χ1) is 11.7. The van der Waals surface area contributed by atoms with E-state index in [2.05, 4.69) is 14.9 Å². The summed E-state index contributed by atoms with van der Waals surface area (Å²) < 4.78 is 12.4. The van der Waals surface area contributed by atoms with Crippen molar-refractivity contribution in [1.29, 1.82) is 0 Å². The molecule has 7 nitrogen and oxygen atoms in total. The summed E-state index contributed by atoms with van der Waals surface area (Å²) >= 11 is 0. The van der Waals surface area contributed by atoms with Crippen molar-refractivity contribution >= 4 is 5.91 Å². The average Bonchev–Trinajstić information content (AvgIpc) is 3.20. The number of amides is 1. The van der Waals surface area contributed by atoms with E-state index in [1.807, 2.05) is 24.1 Å². The molecule has 24 heavy (non-hydrogen) atoms. The van der Waals surface area contributed by atoms with Gasteiger partial charge in [0.2, 0.25) is 5.91 Å². The Morgan fingerprint density at radius 3 is 2.83 bits per heavy atom. The van der Waals surface area contributed by atoms with Crippen LogP contribution in [0.5, 0.6) is 0 Å². The highest BCUT2D eigenvalue weighted by Gasteiger charge is 2.40. The molecule has 1 amide bonds. The van der Waals surface area contributed by atoms with Crippen LogP contribution in [0.3, 0.4) is 0 Å². The van der Waals surface area contributed by atoms with Gasteiger partial charge in [-0.05, 0) is 18.4 Å². The minimum Gasteiger partial charge on any atom is -0.384 e. The van der Waals surface area contributed by atoms with E-state index in [0.29, 0.717) is 19.1 Å². The van der Waals surface area contributed by atoms with Crippen molar-refractivity contribution < 1.29 is 14.3 Å². The van der Waals surface area contributed by atoms with Crippen LogP contribution >= 0.6 is 0 Å². The summed E-state index contributed by atoms with van der Waals surface area (Å²) in [6.07, 6.45) is 6.30. The van der Waals surface area contributed by atoms with E-state index >= 15 is 0 Å². The van der Waals surface area contributed by atoms with Crippen molar-refractivity contribution in [1.82, 2.24) is 19.6 Å². The van der Waals surface area contributed by atoms with Gasteiger partial charge >= 0.3 is 0 Å². The first kappa shape index (κ1) is 17.4. The molecule has 0 spiro atoms. The monoisotopic (exact) mass is 336 g/mol. The van der Waals surface area contributed by atoms with E-state index in [0.717, 1.165) is 45.7 Å². The van der Waals surface area contributed by atoms with Crippen LogP contribution in [-0.2, 0) is 27.7 Å². The van der Waals surface area contributed by atoms with Crippen molar-refractivity contribution in [2.45, 2.75) is 31.3 Å². The lowest BCUT2D eigenvalue weighted by atomic mass is 10.00. The summed E-state index contributed by atoms with van der Waals surface area (Å²) in [5, 5.41) is 4.28. The van der Waals surface area contributed by atoms with Crippen molar-refractivity contribution in [3.8, 4) is 0 Å². The molecule has 0 unspecified atom stereocenters. The number of ether oxygens (including phenoxy) is 2. The fraction of sp³-hybridized carbons (Fsp3) is 0.765. The number of carbonyl (C=O) groups excluding carboxylic acids is 1. The maximum atomic E-state index is 12.6. The maximum Gasteiger partial charge on any atom is 0.225 e. The average molecular weight is 336 g/mol. The second-order valence-corrected chi connectivity index (χ2v) is 6.63. The Bertz CT molecular complexity index is 542. The smallest absolute Gasteiger partial charge is 0.225 e. The molecule has 0 aromatic carbocycles. The van der Waals surface area contributed by atoms with Crippen molar-refractivity contribution in [3.63, 3.8) is 0 Å². The zero-order valence-electron chi connectivity index (χ0n) is 14.7. The Labute approximate surface area is 143 Å². The van der Waals surface area contributed by atoms with E-state index in [1.54, 1.807) is 7.11 Å². The molecular formula is C17H28N4O3. The largest absolute Gasteiger partial charge is 0.384 e. The Morgan fingerprint density at radius 2 is 2.17 bits per heavy atom. The van der Waals surface area contributed by atoms with E-state index in [4.69, 9.17) is 9.47 Å². The van der Waals surface area contributed by atoms with Gasteiger partial charge < -0.3 is 14.4 Å². The third kappa shape index (κ3) is 3.96. The van der Waals surface area contributed by atoms with Gasteiger partial charge in [-0.1, -0.05) is 0 Å². The molecule has 1 aromatic heterocycles. The van der Waals surface area contributed by atoms with E-state index < -0.39 is 0 Å². The second kappa shape index (κ2) is 8.09. The first-order valence-electron chi connectivity index (χ1n) is 8.76. The molecule has 3 rings (SSSR count). The van der Waals surface area contributed by atoms with E-state index in [1.165, 1.54) is 5.56 Å². The maximum absolute atomic E-state index is 12.6. The van der Waals surface area contributed by atoms with Crippen molar-refractivity contribution in [2.75, 3.05) is 46.6 Å². The molecule has 7 heteroatoms. The van der Waals surface area contributed by atoms with Gasteiger partial charge in [0.15, 0.2) is 0 Å². The number of nitrogens with zero attached hydrogens (tertiary/aromatic N) is 4. The molecule has 134 valence electrons. The number of morpholine rings is 1. The number of likely N-dealkylation sites (tertiary alicyclic amines) is 1. The molecule has 2 aliphatic heterocycles. The highest BCUT2D eigenvalue weighted by atomic mass is 16.5. The minimum atomic E-state index is 0.196. The third-order valence-electron chi connectivity index (χ3n) is 5.07. The van der Waals surface area contributed by atoms with Crippen LogP contribution in [-0.4, -0.2) is 84.1 Å². The molecule has 0 radical (unpaired) electrons. The van der Waals surface area contributed by atoms with Crippen LogP contribution in [0, 0.1) is 0 Å². The van der Waals surface area contributed by atoms with Gasteiger partial charge in [0, 0.05) is 46.0 Å². The van der Waals surface area contributed by atoms with Crippen LogP contribution < -0.4 is 0 Å². The molecule has 0 saturated carbocycles. The lowest BCUT2D eigenvalue weighted by Gasteiger charge is -2.37.